The van der Waals surface area contributed by atoms with Gasteiger partial charge in [-0.15, -0.1) is 0 Å². The topological polar surface area (TPSA) is 151 Å². The summed E-state index contributed by atoms with van der Waals surface area (Å²) in [4.78, 5) is 26.6. The van der Waals surface area contributed by atoms with E-state index in [0.717, 1.165) is 6.26 Å². The first kappa shape index (κ1) is 23.0. The van der Waals surface area contributed by atoms with Gasteiger partial charge in [0.1, 0.15) is 11.3 Å². The van der Waals surface area contributed by atoms with Gasteiger partial charge >= 0.3 is 0 Å². The summed E-state index contributed by atoms with van der Waals surface area (Å²) in [7, 11) is -6.08. The summed E-state index contributed by atoms with van der Waals surface area (Å²) in [6, 6.07) is -0.625. The molecule has 2 fully saturated rings. The predicted molar refractivity (Wildman–Crippen MR) is 101 cm³/mol. The van der Waals surface area contributed by atoms with Crippen LogP contribution < -0.4 is 14.8 Å². The molecular formula is C15H28N4O7S2. The van der Waals surface area contributed by atoms with Crippen LogP contribution in [0.25, 0.3) is 0 Å². The highest BCUT2D eigenvalue weighted by Gasteiger charge is 2.47. The lowest BCUT2D eigenvalue weighted by atomic mass is 10.0. The summed E-state index contributed by atoms with van der Waals surface area (Å²) in [5.74, 6) is -1.70. The highest BCUT2D eigenvalue weighted by Crippen LogP contribution is 2.34. The van der Waals surface area contributed by atoms with E-state index in [0.29, 0.717) is 19.6 Å². The molecular weight excluding hydrogens is 412 g/mol. The Morgan fingerprint density at radius 1 is 1.18 bits per heavy atom. The number of nitrogens with zero attached hydrogens (tertiary/aromatic N) is 1. The molecule has 2 aliphatic rings. The molecule has 3 N–H and O–H groups in total. The van der Waals surface area contributed by atoms with Gasteiger partial charge in [0.2, 0.25) is 31.9 Å². The Bertz CT molecular complexity index is 825. The van der Waals surface area contributed by atoms with E-state index in [4.69, 9.17) is 4.74 Å². The Morgan fingerprint density at radius 3 is 2.39 bits per heavy atom. The first-order valence-corrected chi connectivity index (χ1v) is 12.4. The minimum atomic E-state index is -3.73. The van der Waals surface area contributed by atoms with E-state index in [-0.39, 0.29) is 18.5 Å². The zero-order valence-electron chi connectivity index (χ0n) is 16.4. The molecule has 0 aromatic rings. The Labute approximate surface area is 165 Å². The van der Waals surface area contributed by atoms with E-state index in [1.165, 1.54) is 25.8 Å². The number of sulfonamides is 2. The van der Waals surface area contributed by atoms with Gasteiger partial charge in [-0.05, 0) is 27.3 Å². The van der Waals surface area contributed by atoms with Crippen LogP contribution in [0.3, 0.4) is 0 Å². The van der Waals surface area contributed by atoms with E-state index in [2.05, 4.69) is 14.8 Å². The third-order valence-corrected chi connectivity index (χ3v) is 7.04. The molecule has 0 aromatic carbocycles. The van der Waals surface area contributed by atoms with Crippen LogP contribution in [0, 0.1) is 5.92 Å². The summed E-state index contributed by atoms with van der Waals surface area (Å²) in [5, 5.41) is 2.67. The van der Waals surface area contributed by atoms with Gasteiger partial charge in [0.05, 0.1) is 25.5 Å². The Morgan fingerprint density at radius 2 is 1.82 bits per heavy atom. The highest BCUT2D eigenvalue weighted by molar-refractivity contribution is 7.90. The average Bonchev–Trinajstić information content (AvgIpc) is 3.09. The molecule has 3 atom stereocenters. The normalized spacial score (nSPS) is 25.6. The number of carbonyl (C=O) groups is 2. The van der Waals surface area contributed by atoms with Gasteiger partial charge in [-0.2, -0.15) is 0 Å². The van der Waals surface area contributed by atoms with Crippen LogP contribution in [-0.2, 0) is 34.4 Å². The molecule has 2 rings (SSSR count). The maximum absolute atomic E-state index is 12.6. The molecule has 2 amide bonds. The molecule has 0 bridgehead atoms. The van der Waals surface area contributed by atoms with E-state index >= 15 is 0 Å². The van der Waals surface area contributed by atoms with Crippen LogP contribution >= 0.6 is 0 Å². The van der Waals surface area contributed by atoms with Gasteiger partial charge in [0, 0.05) is 18.5 Å². The number of hydrogen-bond donors (Lipinski definition) is 3. The number of fused-ring (bicyclic) bond motifs is 1. The van der Waals surface area contributed by atoms with E-state index in [1.807, 2.05) is 0 Å². The van der Waals surface area contributed by atoms with Gasteiger partial charge in [-0.1, -0.05) is 0 Å². The second-order valence-corrected chi connectivity index (χ2v) is 11.4. The SMILES string of the molecule is CNS(=O)(=O)CC(=O)N1C(CNC(=O)C(C)(C)NS(C)(=O)=O)CC2COCC21. The minimum absolute atomic E-state index is 0.0743. The van der Waals surface area contributed by atoms with E-state index in [1.54, 1.807) is 0 Å². The predicted octanol–water partition coefficient (Wildman–Crippen LogP) is -2.40. The largest absolute Gasteiger partial charge is 0.379 e. The van der Waals surface area contributed by atoms with Crippen molar-refractivity contribution in [2.24, 2.45) is 5.92 Å². The summed E-state index contributed by atoms with van der Waals surface area (Å²) in [6.45, 7) is 3.75. The van der Waals surface area contributed by atoms with Gasteiger partial charge in [-0.3, -0.25) is 9.59 Å². The lowest BCUT2D eigenvalue weighted by Gasteiger charge is -2.31. The van der Waals surface area contributed by atoms with Crippen molar-refractivity contribution in [2.75, 3.05) is 38.8 Å². The lowest BCUT2D eigenvalue weighted by Crippen LogP contribution is -2.57. The molecule has 2 saturated heterocycles. The molecule has 162 valence electrons. The summed E-state index contributed by atoms with van der Waals surface area (Å²) < 4.78 is 56.2. The zero-order valence-corrected chi connectivity index (χ0v) is 18.0. The van der Waals surface area contributed by atoms with E-state index in [9.17, 15) is 26.4 Å². The molecule has 2 heterocycles. The molecule has 11 nitrogen and oxygen atoms in total. The van der Waals surface area contributed by atoms with Crippen LogP contribution in [0.4, 0.5) is 0 Å². The van der Waals surface area contributed by atoms with Gasteiger partial charge in [0.25, 0.3) is 0 Å². The van der Waals surface area contributed by atoms with Crippen LogP contribution in [0.5, 0.6) is 0 Å². The van der Waals surface area contributed by atoms with Crippen LogP contribution in [0.1, 0.15) is 20.3 Å². The Hall–Kier alpha value is -1.28. The van der Waals surface area contributed by atoms with Crippen molar-refractivity contribution in [3.8, 4) is 0 Å². The smallest absolute Gasteiger partial charge is 0.240 e. The zero-order chi connectivity index (χ0) is 21.3. The van der Waals surface area contributed by atoms with Crippen molar-refractivity contribution in [1.82, 2.24) is 19.7 Å². The number of hydrogen-bond acceptors (Lipinski definition) is 7. The first-order chi connectivity index (χ1) is 12.8. The number of nitrogens with one attached hydrogen (secondary N) is 3. The highest BCUT2D eigenvalue weighted by atomic mass is 32.2. The maximum Gasteiger partial charge on any atom is 0.240 e. The van der Waals surface area contributed by atoms with Crippen molar-refractivity contribution in [3.05, 3.63) is 0 Å². The fraction of sp³-hybridized carbons (Fsp3) is 0.867. The van der Waals surface area contributed by atoms with Crippen LogP contribution in [0.15, 0.2) is 0 Å². The van der Waals surface area contributed by atoms with Crippen molar-refractivity contribution >= 4 is 31.9 Å². The monoisotopic (exact) mass is 440 g/mol. The summed E-state index contributed by atoms with van der Waals surface area (Å²) in [6.07, 6.45) is 1.53. The third kappa shape index (κ3) is 5.63. The van der Waals surface area contributed by atoms with Crippen LogP contribution in [0.2, 0.25) is 0 Å². The molecule has 2 aliphatic heterocycles. The lowest BCUT2D eigenvalue weighted by molar-refractivity contribution is -0.133. The second-order valence-electron chi connectivity index (χ2n) is 7.73. The molecule has 0 aliphatic carbocycles. The minimum Gasteiger partial charge on any atom is -0.379 e. The second kappa shape index (κ2) is 8.22. The maximum atomic E-state index is 12.6. The summed E-state index contributed by atoms with van der Waals surface area (Å²) >= 11 is 0. The standard InChI is InChI=1S/C15H28N4O7S2/c1-15(2,18-27(4,22)23)14(21)17-6-11-5-10-7-26-8-12(10)19(11)13(20)9-28(24,25)16-3/h10-12,16,18H,5-9H2,1-4H3,(H,17,21). The molecule has 13 heteroatoms. The number of rotatable bonds is 8. The Balaban J connectivity index is 2.08. The number of likely N-dealkylation sites (tertiary alicyclic amines) is 1. The molecule has 0 spiro atoms. The van der Waals surface area contributed by atoms with Crippen LogP contribution in [-0.4, -0.2) is 90.0 Å². The van der Waals surface area contributed by atoms with Gasteiger partial charge in [-0.25, -0.2) is 26.3 Å². The molecule has 28 heavy (non-hydrogen) atoms. The molecule has 0 aromatic heterocycles. The van der Waals surface area contributed by atoms with Crippen molar-refractivity contribution in [1.29, 1.82) is 0 Å². The van der Waals surface area contributed by atoms with E-state index < -0.39 is 49.2 Å². The third-order valence-electron chi connectivity index (χ3n) is 4.91. The number of ether oxygens (including phenoxy) is 1. The Kier molecular flexibility index (Phi) is 6.76. The number of amides is 2. The van der Waals surface area contributed by atoms with Gasteiger partial charge < -0.3 is 15.0 Å². The van der Waals surface area contributed by atoms with Gasteiger partial charge in [0.15, 0.2) is 0 Å². The van der Waals surface area contributed by atoms with Crippen molar-refractivity contribution in [3.63, 3.8) is 0 Å². The first-order valence-electron chi connectivity index (χ1n) is 8.83. The molecule has 0 radical (unpaired) electrons. The molecule has 3 unspecified atom stereocenters. The molecule has 0 saturated carbocycles. The van der Waals surface area contributed by atoms with Crippen molar-refractivity contribution < 1.29 is 31.2 Å². The van der Waals surface area contributed by atoms with Crippen molar-refractivity contribution in [2.45, 2.75) is 37.9 Å². The quantitative estimate of drug-likeness (QED) is 0.380. The number of carbonyl (C=O) groups excluding carboxylic acids is 2. The summed E-state index contributed by atoms with van der Waals surface area (Å²) in [5.41, 5.74) is -1.37. The average molecular weight is 441 g/mol. The fourth-order valence-corrected chi connectivity index (χ4v) is 5.31. The fourth-order valence-electron chi connectivity index (χ4n) is 3.67.